The van der Waals surface area contributed by atoms with Gasteiger partial charge in [0, 0.05) is 11.5 Å². The number of carbonyl (C=O) groups is 1. The molecular weight excluding hydrogens is 198 g/mol. The number of H-pyrrole nitrogens is 1. The van der Waals surface area contributed by atoms with Crippen LogP contribution in [0, 0.1) is 0 Å². The molecule has 2 aromatic rings. The second-order valence-corrected chi connectivity index (χ2v) is 2.91. The lowest BCUT2D eigenvalue weighted by molar-refractivity contribution is 0.142. The van der Waals surface area contributed by atoms with Gasteiger partial charge in [-0.15, -0.1) is 0 Å². The normalized spacial score (nSPS) is 10.1. The molecule has 0 aliphatic heterocycles. The summed E-state index contributed by atoms with van der Waals surface area (Å²) in [7, 11) is 0. The number of pyridine rings is 1. The molecule has 76 valence electrons. The minimum Gasteiger partial charge on any atom is -0.449 e. The van der Waals surface area contributed by atoms with Crippen LogP contribution in [0.15, 0.2) is 35.1 Å². The lowest BCUT2D eigenvalue weighted by Gasteiger charge is -2.01. The zero-order valence-corrected chi connectivity index (χ0v) is 7.56. The number of hydrogen-bond acceptors (Lipinski definition) is 3. The van der Waals surface area contributed by atoms with Crippen molar-refractivity contribution in [2.75, 3.05) is 0 Å². The van der Waals surface area contributed by atoms with Crippen LogP contribution in [0.4, 0.5) is 4.79 Å². The topological polar surface area (TPSA) is 79.4 Å². The number of para-hydroxylation sites is 1. The first-order valence-corrected chi connectivity index (χ1v) is 4.19. The van der Waals surface area contributed by atoms with Gasteiger partial charge in [-0.2, -0.15) is 0 Å². The third-order valence-electron chi connectivity index (χ3n) is 1.91. The van der Waals surface area contributed by atoms with E-state index in [1.807, 2.05) is 0 Å². The number of rotatable bonds is 1. The first-order chi connectivity index (χ1) is 7.16. The van der Waals surface area contributed by atoms with Crippen molar-refractivity contribution in [2.24, 2.45) is 0 Å². The van der Waals surface area contributed by atoms with Gasteiger partial charge in [-0.25, -0.2) is 4.79 Å². The third-order valence-corrected chi connectivity index (χ3v) is 1.91. The SMILES string of the molecule is O=C(O)Oc1cc(=O)c2ccccc2[nH]1. The standard InChI is InChI=1S/C10H7NO4/c12-8-5-9(15-10(13)14)11-7-4-2-1-3-6(7)8/h1-5H,(H,11,12)(H,13,14). The van der Waals surface area contributed by atoms with Crippen molar-refractivity contribution in [2.45, 2.75) is 0 Å². The van der Waals surface area contributed by atoms with E-state index in [4.69, 9.17) is 5.11 Å². The Morgan fingerprint density at radius 1 is 1.33 bits per heavy atom. The van der Waals surface area contributed by atoms with Crippen molar-refractivity contribution in [3.63, 3.8) is 0 Å². The molecule has 0 aliphatic rings. The van der Waals surface area contributed by atoms with Crippen molar-refractivity contribution < 1.29 is 14.6 Å². The minimum absolute atomic E-state index is 0.0776. The molecule has 0 aliphatic carbocycles. The van der Waals surface area contributed by atoms with E-state index >= 15 is 0 Å². The molecule has 0 saturated carbocycles. The quantitative estimate of drug-likeness (QED) is 0.693. The van der Waals surface area contributed by atoms with Crippen LogP contribution in [0.5, 0.6) is 5.88 Å². The summed E-state index contributed by atoms with van der Waals surface area (Å²) in [4.78, 5) is 24.5. The van der Waals surface area contributed by atoms with E-state index in [1.165, 1.54) is 0 Å². The molecule has 1 aromatic carbocycles. The highest BCUT2D eigenvalue weighted by Gasteiger charge is 2.05. The van der Waals surface area contributed by atoms with E-state index in [1.54, 1.807) is 24.3 Å². The van der Waals surface area contributed by atoms with Crippen LogP contribution in [-0.4, -0.2) is 16.2 Å². The van der Waals surface area contributed by atoms with E-state index in [-0.39, 0.29) is 11.3 Å². The number of hydrogen-bond donors (Lipinski definition) is 2. The Morgan fingerprint density at radius 3 is 2.80 bits per heavy atom. The summed E-state index contributed by atoms with van der Waals surface area (Å²) in [5, 5.41) is 8.88. The molecule has 5 nitrogen and oxygen atoms in total. The second kappa shape index (κ2) is 3.45. The van der Waals surface area contributed by atoms with Gasteiger partial charge in [-0.1, -0.05) is 12.1 Å². The molecular formula is C10H7NO4. The van der Waals surface area contributed by atoms with Gasteiger partial charge < -0.3 is 14.8 Å². The number of aromatic amines is 1. The summed E-state index contributed by atoms with van der Waals surface area (Å²) in [5.74, 6) is -0.0776. The summed E-state index contributed by atoms with van der Waals surface area (Å²) in [6.45, 7) is 0. The molecule has 15 heavy (non-hydrogen) atoms. The summed E-state index contributed by atoms with van der Waals surface area (Å²) < 4.78 is 4.36. The summed E-state index contributed by atoms with van der Waals surface area (Å²) >= 11 is 0. The highest BCUT2D eigenvalue weighted by atomic mass is 16.7. The summed E-state index contributed by atoms with van der Waals surface area (Å²) in [6.07, 6.45) is -1.46. The fourth-order valence-corrected chi connectivity index (χ4v) is 1.32. The predicted molar refractivity (Wildman–Crippen MR) is 53.2 cm³/mol. The van der Waals surface area contributed by atoms with Gasteiger partial charge in [0.1, 0.15) is 0 Å². The number of nitrogens with one attached hydrogen (secondary N) is 1. The van der Waals surface area contributed by atoms with Gasteiger partial charge in [-0.05, 0) is 12.1 Å². The van der Waals surface area contributed by atoms with E-state index in [9.17, 15) is 9.59 Å². The monoisotopic (exact) mass is 205 g/mol. The number of aromatic nitrogens is 1. The van der Waals surface area contributed by atoms with Crippen LogP contribution >= 0.6 is 0 Å². The molecule has 0 unspecified atom stereocenters. The maximum absolute atomic E-state index is 11.5. The lowest BCUT2D eigenvalue weighted by Crippen LogP contribution is -2.09. The Kier molecular flexibility index (Phi) is 2.13. The van der Waals surface area contributed by atoms with Crippen molar-refractivity contribution in [1.29, 1.82) is 0 Å². The highest BCUT2D eigenvalue weighted by Crippen LogP contribution is 2.11. The number of benzene rings is 1. The van der Waals surface area contributed by atoms with Gasteiger partial charge in [0.2, 0.25) is 5.88 Å². The summed E-state index contributed by atoms with van der Waals surface area (Å²) in [5.41, 5.74) is 0.266. The van der Waals surface area contributed by atoms with Gasteiger partial charge >= 0.3 is 6.16 Å². The third kappa shape index (κ3) is 1.80. The molecule has 1 aromatic heterocycles. The van der Waals surface area contributed by atoms with Gasteiger partial charge in [0.25, 0.3) is 0 Å². The highest BCUT2D eigenvalue weighted by molar-refractivity contribution is 5.79. The average molecular weight is 205 g/mol. The fraction of sp³-hybridized carbons (Fsp3) is 0. The van der Waals surface area contributed by atoms with Crippen molar-refractivity contribution in [1.82, 2.24) is 4.98 Å². The van der Waals surface area contributed by atoms with Crippen LogP contribution in [-0.2, 0) is 0 Å². The summed E-state index contributed by atoms with van der Waals surface area (Å²) in [6, 6.07) is 7.90. The van der Waals surface area contributed by atoms with E-state index in [2.05, 4.69) is 9.72 Å². The molecule has 1 heterocycles. The number of ether oxygens (including phenoxy) is 1. The Morgan fingerprint density at radius 2 is 2.07 bits per heavy atom. The van der Waals surface area contributed by atoms with Crippen LogP contribution in [0.1, 0.15) is 0 Å². The Hall–Kier alpha value is -2.30. The van der Waals surface area contributed by atoms with Crippen LogP contribution in [0.2, 0.25) is 0 Å². The predicted octanol–water partition coefficient (Wildman–Crippen LogP) is 1.58. The molecule has 0 saturated heterocycles. The molecule has 0 atom stereocenters. The van der Waals surface area contributed by atoms with Crippen molar-refractivity contribution in [3.05, 3.63) is 40.6 Å². The Bertz CT molecular complexity index is 573. The minimum atomic E-state index is -1.46. The van der Waals surface area contributed by atoms with E-state index in [0.717, 1.165) is 6.07 Å². The second-order valence-electron chi connectivity index (χ2n) is 2.91. The maximum atomic E-state index is 11.5. The zero-order valence-electron chi connectivity index (χ0n) is 7.56. The maximum Gasteiger partial charge on any atom is 0.512 e. The van der Waals surface area contributed by atoms with Crippen molar-refractivity contribution in [3.8, 4) is 5.88 Å². The van der Waals surface area contributed by atoms with Crippen LogP contribution < -0.4 is 10.2 Å². The van der Waals surface area contributed by atoms with Crippen molar-refractivity contribution >= 4 is 17.1 Å². The van der Waals surface area contributed by atoms with E-state index < -0.39 is 6.16 Å². The number of fused-ring (bicyclic) bond motifs is 1. The Labute approximate surface area is 83.9 Å². The van der Waals surface area contributed by atoms with Gasteiger partial charge in [0.15, 0.2) is 5.43 Å². The van der Waals surface area contributed by atoms with Gasteiger partial charge in [0.05, 0.1) is 5.52 Å². The molecule has 0 amide bonds. The smallest absolute Gasteiger partial charge is 0.449 e. The van der Waals surface area contributed by atoms with Crippen LogP contribution in [0.3, 0.4) is 0 Å². The number of carboxylic acid groups (broad SMARTS) is 1. The van der Waals surface area contributed by atoms with Gasteiger partial charge in [-0.3, -0.25) is 4.79 Å². The largest absolute Gasteiger partial charge is 0.512 e. The first-order valence-electron chi connectivity index (χ1n) is 4.19. The molecule has 0 fully saturated rings. The molecule has 0 spiro atoms. The zero-order chi connectivity index (χ0) is 10.8. The van der Waals surface area contributed by atoms with E-state index in [0.29, 0.717) is 10.9 Å². The molecule has 0 bridgehead atoms. The molecule has 0 radical (unpaired) electrons. The molecule has 2 N–H and O–H groups in total. The average Bonchev–Trinajstić information content (AvgIpc) is 2.16. The molecule has 5 heteroatoms. The lowest BCUT2D eigenvalue weighted by atomic mass is 10.2. The Balaban J connectivity index is 2.62. The van der Waals surface area contributed by atoms with Crippen LogP contribution in [0.25, 0.3) is 10.9 Å². The fourth-order valence-electron chi connectivity index (χ4n) is 1.32. The first kappa shape index (κ1) is 9.26. The molecule has 2 rings (SSSR count).